The molecule has 1 N–H and O–H groups in total. The summed E-state index contributed by atoms with van der Waals surface area (Å²) in [6, 6.07) is -0.118. The molecule has 140 valence electrons. The van der Waals surface area contributed by atoms with Gasteiger partial charge in [-0.2, -0.15) is 0 Å². The summed E-state index contributed by atoms with van der Waals surface area (Å²) in [7, 11) is 0. The van der Waals surface area contributed by atoms with E-state index in [2.05, 4.69) is 5.32 Å². The second-order valence-corrected chi connectivity index (χ2v) is 7.70. The maximum Gasteiger partial charge on any atom is 0.318 e. The first-order chi connectivity index (χ1) is 12.0. The van der Waals surface area contributed by atoms with E-state index in [1.165, 1.54) is 0 Å². The number of amides is 4. The predicted octanol–water partition coefficient (Wildman–Crippen LogP) is 1.18. The Balaban J connectivity index is 1.55. The minimum absolute atomic E-state index is 0.0672. The van der Waals surface area contributed by atoms with Gasteiger partial charge < -0.3 is 20.0 Å². The summed E-state index contributed by atoms with van der Waals surface area (Å²) in [6.07, 6.45) is 4.95. The van der Waals surface area contributed by atoms with Gasteiger partial charge in [0.25, 0.3) is 0 Å². The van der Waals surface area contributed by atoms with Crippen molar-refractivity contribution in [3.63, 3.8) is 0 Å². The lowest BCUT2D eigenvalue weighted by atomic mass is 10.0. The second-order valence-electron chi connectivity index (χ2n) is 7.70. The van der Waals surface area contributed by atoms with Gasteiger partial charge in [0.1, 0.15) is 6.04 Å². The number of carbonyl (C=O) groups is 3. The molecule has 7 heteroatoms. The lowest BCUT2D eigenvalue weighted by Crippen LogP contribution is -2.54. The van der Waals surface area contributed by atoms with Crippen LogP contribution in [0.2, 0.25) is 0 Å². The number of nitrogens with one attached hydrogen (secondary N) is 1. The molecule has 0 aromatic heterocycles. The number of likely N-dealkylation sites (tertiary alicyclic amines) is 3. The quantitative estimate of drug-likeness (QED) is 0.831. The van der Waals surface area contributed by atoms with Crippen molar-refractivity contribution in [2.75, 3.05) is 26.2 Å². The van der Waals surface area contributed by atoms with E-state index in [0.29, 0.717) is 26.1 Å². The van der Waals surface area contributed by atoms with Gasteiger partial charge >= 0.3 is 6.03 Å². The van der Waals surface area contributed by atoms with Crippen molar-refractivity contribution in [1.82, 2.24) is 20.0 Å². The van der Waals surface area contributed by atoms with E-state index in [1.807, 2.05) is 23.6 Å². The predicted molar refractivity (Wildman–Crippen MR) is 93.9 cm³/mol. The van der Waals surface area contributed by atoms with Crippen molar-refractivity contribution in [2.24, 2.45) is 0 Å². The summed E-state index contributed by atoms with van der Waals surface area (Å²) >= 11 is 0. The first-order valence-electron chi connectivity index (χ1n) is 9.62. The third-order valence-electron chi connectivity index (χ3n) is 5.54. The maximum absolute atomic E-state index is 12.9. The second kappa shape index (κ2) is 7.62. The molecule has 3 aliphatic heterocycles. The van der Waals surface area contributed by atoms with Crippen molar-refractivity contribution in [3.05, 3.63) is 0 Å². The van der Waals surface area contributed by atoms with Crippen LogP contribution in [-0.2, 0) is 9.59 Å². The molecule has 7 nitrogen and oxygen atoms in total. The fourth-order valence-electron chi connectivity index (χ4n) is 4.26. The monoisotopic (exact) mass is 350 g/mol. The lowest BCUT2D eigenvalue weighted by Gasteiger charge is -2.38. The van der Waals surface area contributed by atoms with Crippen LogP contribution >= 0.6 is 0 Å². The van der Waals surface area contributed by atoms with Crippen LogP contribution in [0.4, 0.5) is 4.79 Å². The summed E-state index contributed by atoms with van der Waals surface area (Å²) in [6.45, 7) is 6.73. The highest BCUT2D eigenvalue weighted by atomic mass is 16.2. The largest absolute Gasteiger partial charge is 0.341 e. The Bertz CT molecular complexity index is 528. The standard InChI is InChI=1S/C18H30N4O3/c1-13(2)19-18(25)22-10-3-5-15(22)17(24)20-11-7-14(8-12-20)21-9-4-6-16(21)23/h13-15H,3-12H2,1-2H3,(H,19,25). The van der Waals surface area contributed by atoms with Crippen LogP contribution in [-0.4, -0.2) is 76.8 Å². The molecule has 0 saturated carbocycles. The SMILES string of the molecule is CC(C)NC(=O)N1CCCC1C(=O)N1CCC(N2CCCC2=O)CC1. The molecule has 3 saturated heterocycles. The third kappa shape index (κ3) is 3.90. The van der Waals surface area contributed by atoms with E-state index in [1.54, 1.807) is 4.90 Å². The van der Waals surface area contributed by atoms with Crippen LogP contribution in [0, 0.1) is 0 Å². The van der Waals surface area contributed by atoms with E-state index < -0.39 is 0 Å². The molecule has 3 aliphatic rings. The third-order valence-corrected chi connectivity index (χ3v) is 5.54. The molecule has 1 unspecified atom stereocenters. The highest BCUT2D eigenvalue weighted by Crippen LogP contribution is 2.25. The van der Waals surface area contributed by atoms with Gasteiger partial charge in [0.05, 0.1) is 0 Å². The maximum atomic E-state index is 12.9. The molecule has 0 aliphatic carbocycles. The zero-order valence-corrected chi connectivity index (χ0v) is 15.4. The van der Waals surface area contributed by atoms with Crippen LogP contribution in [0.3, 0.4) is 0 Å². The molecular formula is C18H30N4O3. The summed E-state index contributed by atoms with van der Waals surface area (Å²) < 4.78 is 0. The molecule has 3 heterocycles. The Morgan fingerprint density at radius 2 is 1.76 bits per heavy atom. The number of hydrogen-bond acceptors (Lipinski definition) is 3. The Kier molecular flexibility index (Phi) is 5.49. The smallest absolute Gasteiger partial charge is 0.318 e. The van der Waals surface area contributed by atoms with Crippen LogP contribution in [0.25, 0.3) is 0 Å². The van der Waals surface area contributed by atoms with E-state index >= 15 is 0 Å². The van der Waals surface area contributed by atoms with Gasteiger partial charge in [-0.3, -0.25) is 9.59 Å². The molecule has 0 aromatic carbocycles. The van der Waals surface area contributed by atoms with Crippen LogP contribution in [0.5, 0.6) is 0 Å². The van der Waals surface area contributed by atoms with Gasteiger partial charge in [-0.15, -0.1) is 0 Å². The zero-order chi connectivity index (χ0) is 18.0. The first-order valence-corrected chi connectivity index (χ1v) is 9.62. The minimum Gasteiger partial charge on any atom is -0.341 e. The summed E-state index contributed by atoms with van der Waals surface area (Å²) in [5, 5.41) is 2.89. The molecule has 0 bridgehead atoms. The Labute approximate surface area is 149 Å². The van der Waals surface area contributed by atoms with Crippen LogP contribution in [0.15, 0.2) is 0 Å². The van der Waals surface area contributed by atoms with E-state index in [4.69, 9.17) is 0 Å². The summed E-state index contributed by atoms with van der Waals surface area (Å²) in [5.74, 6) is 0.333. The topological polar surface area (TPSA) is 73.0 Å². The molecule has 1 atom stereocenters. The number of urea groups is 1. The highest BCUT2D eigenvalue weighted by Gasteiger charge is 2.39. The van der Waals surface area contributed by atoms with Gasteiger partial charge in [-0.25, -0.2) is 4.79 Å². The molecular weight excluding hydrogens is 320 g/mol. The van der Waals surface area contributed by atoms with Gasteiger partial charge in [0, 0.05) is 44.7 Å². The van der Waals surface area contributed by atoms with Gasteiger partial charge in [0.2, 0.25) is 11.8 Å². The van der Waals surface area contributed by atoms with Gasteiger partial charge in [-0.05, 0) is 46.0 Å². The first kappa shape index (κ1) is 18.0. The Hall–Kier alpha value is -1.79. The number of nitrogens with zero attached hydrogens (tertiary/aromatic N) is 3. The summed E-state index contributed by atoms with van der Waals surface area (Å²) in [4.78, 5) is 42.7. The van der Waals surface area contributed by atoms with Crippen LogP contribution < -0.4 is 5.32 Å². The molecule has 25 heavy (non-hydrogen) atoms. The van der Waals surface area contributed by atoms with Crippen molar-refractivity contribution < 1.29 is 14.4 Å². The molecule has 0 radical (unpaired) electrons. The zero-order valence-electron chi connectivity index (χ0n) is 15.4. The van der Waals surface area contributed by atoms with Gasteiger partial charge in [0.15, 0.2) is 0 Å². The fourth-order valence-corrected chi connectivity index (χ4v) is 4.26. The number of hydrogen-bond donors (Lipinski definition) is 1. The summed E-state index contributed by atoms with van der Waals surface area (Å²) in [5.41, 5.74) is 0. The lowest BCUT2D eigenvalue weighted by molar-refractivity contribution is -0.137. The molecule has 0 aromatic rings. The normalized spacial score (nSPS) is 25.2. The Morgan fingerprint density at radius 1 is 1.04 bits per heavy atom. The van der Waals surface area contributed by atoms with E-state index in [0.717, 1.165) is 38.6 Å². The van der Waals surface area contributed by atoms with Crippen molar-refractivity contribution in [1.29, 1.82) is 0 Å². The van der Waals surface area contributed by atoms with Crippen molar-refractivity contribution in [2.45, 2.75) is 70.5 Å². The fraction of sp³-hybridized carbons (Fsp3) is 0.833. The minimum atomic E-state index is -0.330. The molecule has 3 fully saturated rings. The van der Waals surface area contributed by atoms with Crippen molar-refractivity contribution in [3.8, 4) is 0 Å². The Morgan fingerprint density at radius 3 is 2.36 bits per heavy atom. The number of rotatable bonds is 3. The average molecular weight is 350 g/mol. The average Bonchev–Trinajstić information content (AvgIpc) is 3.22. The molecule has 4 amide bonds. The highest BCUT2D eigenvalue weighted by molar-refractivity contribution is 5.88. The van der Waals surface area contributed by atoms with Crippen LogP contribution in [0.1, 0.15) is 52.4 Å². The number of carbonyl (C=O) groups excluding carboxylic acids is 3. The molecule has 0 spiro atoms. The van der Waals surface area contributed by atoms with E-state index in [9.17, 15) is 14.4 Å². The molecule has 3 rings (SSSR count). The van der Waals surface area contributed by atoms with Crippen molar-refractivity contribution >= 4 is 17.8 Å². The van der Waals surface area contributed by atoms with Gasteiger partial charge in [-0.1, -0.05) is 0 Å². The van der Waals surface area contributed by atoms with E-state index in [-0.39, 0.29) is 36.0 Å². The number of piperidine rings is 1.